The zero-order chi connectivity index (χ0) is 12.5. The maximum absolute atomic E-state index is 11.9. The van der Waals surface area contributed by atoms with Gasteiger partial charge in [-0.15, -0.1) is 0 Å². The van der Waals surface area contributed by atoms with E-state index in [9.17, 15) is 9.59 Å². The van der Waals surface area contributed by atoms with Crippen LogP contribution in [0.5, 0.6) is 0 Å². The number of para-hydroxylation sites is 1. The van der Waals surface area contributed by atoms with Crippen LogP contribution in [0.25, 0.3) is 0 Å². The van der Waals surface area contributed by atoms with Crippen molar-refractivity contribution >= 4 is 17.5 Å². The zero-order valence-corrected chi connectivity index (χ0v) is 10.2. The normalized spacial score (nSPS) is 23.6. The van der Waals surface area contributed by atoms with Crippen LogP contribution < -0.4 is 10.2 Å². The van der Waals surface area contributed by atoms with Crippen molar-refractivity contribution in [2.24, 2.45) is 0 Å². The molecule has 18 heavy (non-hydrogen) atoms. The number of carbonyl (C=O) groups excluding carboxylic acids is 2. The minimum atomic E-state index is -0.191. The minimum absolute atomic E-state index is 0.150. The highest BCUT2D eigenvalue weighted by Crippen LogP contribution is 2.30. The van der Waals surface area contributed by atoms with Crippen LogP contribution in [0.1, 0.15) is 24.8 Å². The Labute approximate surface area is 106 Å². The van der Waals surface area contributed by atoms with E-state index in [1.54, 1.807) is 0 Å². The van der Waals surface area contributed by atoms with Gasteiger partial charge in [-0.3, -0.25) is 14.9 Å². The first-order valence-electron chi connectivity index (χ1n) is 6.44. The van der Waals surface area contributed by atoms with Crippen molar-refractivity contribution in [3.63, 3.8) is 0 Å². The van der Waals surface area contributed by atoms with Gasteiger partial charge >= 0.3 is 0 Å². The van der Waals surface area contributed by atoms with Gasteiger partial charge < -0.3 is 4.90 Å². The van der Waals surface area contributed by atoms with Crippen molar-refractivity contribution in [2.45, 2.75) is 31.7 Å². The molecule has 0 bridgehead atoms. The Morgan fingerprint density at radius 2 is 2.00 bits per heavy atom. The molecule has 1 saturated heterocycles. The van der Waals surface area contributed by atoms with Gasteiger partial charge in [0.15, 0.2) is 0 Å². The summed E-state index contributed by atoms with van der Waals surface area (Å²) in [6, 6.07) is 8.03. The monoisotopic (exact) mass is 244 g/mol. The first kappa shape index (κ1) is 11.3. The number of anilines is 1. The number of benzene rings is 1. The van der Waals surface area contributed by atoms with Crippen LogP contribution in [0.3, 0.4) is 0 Å². The molecule has 1 fully saturated rings. The molecule has 0 saturated carbocycles. The van der Waals surface area contributed by atoms with E-state index in [0.717, 1.165) is 25.1 Å². The molecule has 4 heteroatoms. The minimum Gasteiger partial charge on any atom is -0.359 e. The van der Waals surface area contributed by atoms with Gasteiger partial charge in [0.2, 0.25) is 11.8 Å². The second-order valence-corrected chi connectivity index (χ2v) is 4.89. The summed E-state index contributed by atoms with van der Waals surface area (Å²) in [5, 5.41) is 2.44. The number of carbonyl (C=O) groups is 2. The number of fused-ring (bicyclic) bond motifs is 1. The first-order chi connectivity index (χ1) is 8.75. The number of amides is 2. The summed E-state index contributed by atoms with van der Waals surface area (Å²) in [6.45, 7) is 0.892. The fraction of sp³-hybridized carbons (Fsp3) is 0.429. The van der Waals surface area contributed by atoms with Crippen molar-refractivity contribution in [3.05, 3.63) is 29.8 Å². The molecule has 0 aliphatic carbocycles. The number of rotatable bonds is 1. The SMILES string of the molecule is O=C1CCC(N2CCCc3ccccc32)C(=O)N1. The number of nitrogens with one attached hydrogen (secondary N) is 1. The summed E-state index contributed by atoms with van der Waals surface area (Å²) in [7, 11) is 0. The molecule has 0 spiro atoms. The van der Waals surface area contributed by atoms with Crippen molar-refractivity contribution in [1.82, 2.24) is 5.32 Å². The van der Waals surface area contributed by atoms with Crippen LogP contribution >= 0.6 is 0 Å². The van der Waals surface area contributed by atoms with E-state index in [1.807, 2.05) is 12.1 Å². The predicted octanol–water partition coefficient (Wildman–Crippen LogP) is 1.24. The Hall–Kier alpha value is -1.84. The summed E-state index contributed by atoms with van der Waals surface area (Å²) < 4.78 is 0. The van der Waals surface area contributed by atoms with E-state index in [0.29, 0.717) is 12.8 Å². The third-order valence-corrected chi connectivity index (χ3v) is 3.73. The molecule has 4 nitrogen and oxygen atoms in total. The third-order valence-electron chi connectivity index (χ3n) is 3.73. The highest BCUT2D eigenvalue weighted by Gasteiger charge is 2.33. The van der Waals surface area contributed by atoms with Crippen molar-refractivity contribution in [3.8, 4) is 0 Å². The van der Waals surface area contributed by atoms with Gasteiger partial charge in [0.05, 0.1) is 0 Å². The smallest absolute Gasteiger partial charge is 0.249 e. The fourth-order valence-electron chi connectivity index (χ4n) is 2.87. The molecule has 2 heterocycles. The van der Waals surface area contributed by atoms with Gasteiger partial charge in [-0.25, -0.2) is 0 Å². The lowest BCUT2D eigenvalue weighted by molar-refractivity contribution is -0.134. The van der Waals surface area contributed by atoms with Crippen molar-refractivity contribution < 1.29 is 9.59 Å². The number of hydrogen-bond donors (Lipinski definition) is 1. The van der Waals surface area contributed by atoms with Crippen LogP contribution in [0.4, 0.5) is 5.69 Å². The van der Waals surface area contributed by atoms with Gasteiger partial charge in [-0.1, -0.05) is 18.2 Å². The number of imide groups is 1. The molecule has 1 N–H and O–H groups in total. The highest BCUT2D eigenvalue weighted by atomic mass is 16.2. The maximum atomic E-state index is 11.9. The average molecular weight is 244 g/mol. The zero-order valence-electron chi connectivity index (χ0n) is 10.2. The molecular formula is C14H16N2O2. The molecule has 94 valence electrons. The number of nitrogens with zero attached hydrogens (tertiary/aromatic N) is 1. The number of piperidine rings is 1. The number of hydrogen-bond acceptors (Lipinski definition) is 3. The van der Waals surface area contributed by atoms with Crippen molar-refractivity contribution in [2.75, 3.05) is 11.4 Å². The Morgan fingerprint density at radius 3 is 2.83 bits per heavy atom. The second-order valence-electron chi connectivity index (χ2n) is 4.89. The third kappa shape index (κ3) is 1.88. The van der Waals surface area contributed by atoms with E-state index in [-0.39, 0.29) is 17.9 Å². The Morgan fingerprint density at radius 1 is 1.17 bits per heavy atom. The summed E-state index contributed by atoms with van der Waals surface area (Å²) >= 11 is 0. The lowest BCUT2D eigenvalue weighted by Crippen LogP contribution is -2.53. The molecule has 3 rings (SSSR count). The molecular weight excluding hydrogens is 228 g/mol. The van der Waals surface area contributed by atoms with Crippen LogP contribution in [0.15, 0.2) is 24.3 Å². The molecule has 2 aliphatic heterocycles. The highest BCUT2D eigenvalue weighted by molar-refractivity contribution is 6.01. The quantitative estimate of drug-likeness (QED) is 0.756. The van der Waals surface area contributed by atoms with E-state index < -0.39 is 0 Å². The van der Waals surface area contributed by atoms with Crippen LogP contribution in [-0.4, -0.2) is 24.4 Å². The van der Waals surface area contributed by atoms with Crippen LogP contribution in [-0.2, 0) is 16.0 Å². The molecule has 0 aromatic heterocycles. The topological polar surface area (TPSA) is 49.4 Å². The largest absolute Gasteiger partial charge is 0.359 e. The summed E-state index contributed by atoms with van der Waals surface area (Å²) in [5.74, 6) is -0.301. The molecule has 2 aliphatic rings. The molecule has 1 atom stereocenters. The van der Waals surface area contributed by atoms with Gasteiger partial charge in [0.1, 0.15) is 6.04 Å². The van der Waals surface area contributed by atoms with Crippen molar-refractivity contribution in [1.29, 1.82) is 0 Å². The van der Waals surface area contributed by atoms with Gasteiger partial charge in [-0.05, 0) is 30.9 Å². The van der Waals surface area contributed by atoms with Gasteiger partial charge in [-0.2, -0.15) is 0 Å². The molecule has 1 aromatic carbocycles. The van der Waals surface area contributed by atoms with E-state index in [2.05, 4.69) is 22.3 Å². The van der Waals surface area contributed by atoms with E-state index in [1.165, 1.54) is 5.56 Å². The van der Waals surface area contributed by atoms with E-state index in [4.69, 9.17) is 0 Å². The summed E-state index contributed by atoms with van der Waals surface area (Å²) in [4.78, 5) is 25.3. The van der Waals surface area contributed by atoms with Crippen LogP contribution in [0.2, 0.25) is 0 Å². The van der Waals surface area contributed by atoms with E-state index >= 15 is 0 Å². The lowest BCUT2D eigenvalue weighted by atomic mass is 9.96. The molecule has 1 unspecified atom stereocenters. The maximum Gasteiger partial charge on any atom is 0.249 e. The Bertz CT molecular complexity index is 498. The second kappa shape index (κ2) is 4.44. The average Bonchev–Trinajstić information content (AvgIpc) is 2.38. The Kier molecular flexibility index (Phi) is 2.78. The standard InChI is InChI=1S/C14H16N2O2/c17-13-8-7-12(14(18)15-13)16-9-3-5-10-4-1-2-6-11(10)16/h1-2,4,6,12H,3,5,7-9H2,(H,15,17,18). The predicted molar refractivity (Wildman–Crippen MR) is 68.3 cm³/mol. The first-order valence-corrected chi connectivity index (χ1v) is 6.44. The lowest BCUT2D eigenvalue weighted by Gasteiger charge is -2.38. The number of aryl methyl sites for hydroxylation is 1. The molecule has 0 radical (unpaired) electrons. The molecule has 2 amide bonds. The molecule has 1 aromatic rings. The Balaban J connectivity index is 1.89. The summed E-state index contributed by atoms with van der Waals surface area (Å²) in [6.07, 6.45) is 3.20. The van der Waals surface area contributed by atoms with Gasteiger partial charge in [0.25, 0.3) is 0 Å². The summed E-state index contributed by atoms with van der Waals surface area (Å²) in [5.41, 5.74) is 2.45. The van der Waals surface area contributed by atoms with Crippen LogP contribution in [0, 0.1) is 0 Å². The van der Waals surface area contributed by atoms with Gasteiger partial charge in [0, 0.05) is 18.7 Å². The fourth-order valence-corrected chi connectivity index (χ4v) is 2.87.